The molecule has 1 saturated heterocycles. The molecule has 1 heterocycles. The van der Waals surface area contributed by atoms with E-state index in [2.05, 4.69) is 32.2 Å². The van der Waals surface area contributed by atoms with E-state index in [9.17, 15) is 9.59 Å². The van der Waals surface area contributed by atoms with Crippen LogP contribution < -0.4 is 10.2 Å². The number of piperidine rings is 1. The van der Waals surface area contributed by atoms with Gasteiger partial charge in [0.05, 0.1) is 6.61 Å². The first kappa shape index (κ1) is 27.9. The number of likely N-dealkylation sites (tertiary alicyclic amines) is 1. The molecule has 198 valence electrons. The number of benzene rings is 2. The van der Waals surface area contributed by atoms with Crippen LogP contribution in [0.4, 0.5) is 0 Å². The highest BCUT2D eigenvalue weighted by atomic mass is 16.5. The van der Waals surface area contributed by atoms with E-state index in [0.29, 0.717) is 19.0 Å². The monoisotopic (exact) mass is 507 g/mol. The number of rotatable bonds is 12. The summed E-state index contributed by atoms with van der Waals surface area (Å²) in [7, 11) is 1.71. The summed E-state index contributed by atoms with van der Waals surface area (Å²) in [4.78, 5) is 33.5. The minimum Gasteiger partial charge on any atom is -0.494 e. The molecule has 0 aliphatic carbocycles. The summed E-state index contributed by atoms with van der Waals surface area (Å²) in [5, 5.41) is 1.53. The fourth-order valence-corrected chi connectivity index (χ4v) is 3.85. The number of hydrazine groups is 1. The lowest BCUT2D eigenvalue weighted by Crippen LogP contribution is -2.39. The molecule has 1 aliphatic heterocycles. The highest BCUT2D eigenvalue weighted by Gasteiger charge is 2.10. The van der Waals surface area contributed by atoms with Crippen LogP contribution in [0.5, 0.6) is 5.75 Å². The van der Waals surface area contributed by atoms with Crippen LogP contribution in [0.15, 0.2) is 64.6 Å². The van der Waals surface area contributed by atoms with E-state index >= 15 is 0 Å². The molecule has 3 rings (SSSR count). The smallest absolute Gasteiger partial charge is 0.303 e. The average Bonchev–Trinajstić information content (AvgIpc) is 2.92. The normalized spacial score (nSPS) is 14.4. The van der Waals surface area contributed by atoms with Crippen molar-refractivity contribution >= 4 is 24.1 Å². The van der Waals surface area contributed by atoms with Gasteiger partial charge in [-0.2, -0.15) is 4.99 Å². The van der Waals surface area contributed by atoms with Gasteiger partial charge in [0, 0.05) is 39.0 Å². The maximum absolute atomic E-state index is 11.7. The van der Waals surface area contributed by atoms with Crippen molar-refractivity contribution in [2.24, 2.45) is 9.98 Å². The standard InChI is InChI=1S/C28H37N5O4/c1-23(34)37-21-27(35)30-22-32(2)31-28(25-10-5-3-6-11-25)29-16-9-19-36-26-14-12-24(13-15-26)20-33-17-7-4-8-18-33/h3,5-6,10-15,22H,4,7-9,16-21H2,1-2H3,(H,29,31). The van der Waals surface area contributed by atoms with Crippen LogP contribution in [0.2, 0.25) is 0 Å². The van der Waals surface area contributed by atoms with Gasteiger partial charge in [-0.1, -0.05) is 48.9 Å². The summed E-state index contributed by atoms with van der Waals surface area (Å²) in [6, 6.07) is 18.1. The van der Waals surface area contributed by atoms with Gasteiger partial charge in [-0.25, -0.2) is 0 Å². The molecule has 1 N–H and O–H groups in total. The van der Waals surface area contributed by atoms with E-state index < -0.39 is 11.9 Å². The van der Waals surface area contributed by atoms with E-state index in [4.69, 9.17) is 9.73 Å². The van der Waals surface area contributed by atoms with Crippen molar-refractivity contribution in [3.63, 3.8) is 0 Å². The number of amides is 1. The Morgan fingerprint density at radius 1 is 1.05 bits per heavy atom. The molecule has 0 aromatic heterocycles. The second-order valence-electron chi connectivity index (χ2n) is 8.92. The zero-order chi connectivity index (χ0) is 26.3. The Labute approximate surface area is 219 Å². The summed E-state index contributed by atoms with van der Waals surface area (Å²) >= 11 is 0. The highest BCUT2D eigenvalue weighted by Crippen LogP contribution is 2.16. The number of carbonyl (C=O) groups is 2. The van der Waals surface area contributed by atoms with Crippen molar-refractivity contribution in [3.8, 4) is 5.75 Å². The highest BCUT2D eigenvalue weighted by molar-refractivity contribution is 5.99. The number of nitrogens with one attached hydrogen (secondary N) is 1. The quantitative estimate of drug-likeness (QED) is 0.155. The third kappa shape index (κ3) is 10.8. The zero-order valence-electron chi connectivity index (χ0n) is 21.8. The summed E-state index contributed by atoms with van der Waals surface area (Å²) in [5.74, 6) is 0.423. The minimum absolute atomic E-state index is 0.388. The first-order chi connectivity index (χ1) is 18.0. The molecule has 0 spiro atoms. The van der Waals surface area contributed by atoms with Crippen LogP contribution in [-0.4, -0.2) is 73.9 Å². The van der Waals surface area contributed by atoms with E-state index in [-0.39, 0.29) is 6.61 Å². The summed E-state index contributed by atoms with van der Waals surface area (Å²) in [6.07, 6.45) is 6.01. The molecule has 0 saturated carbocycles. The van der Waals surface area contributed by atoms with Gasteiger partial charge in [-0.05, 0) is 43.6 Å². The molecule has 37 heavy (non-hydrogen) atoms. The van der Waals surface area contributed by atoms with Crippen molar-refractivity contribution in [2.75, 3.05) is 39.9 Å². The molecule has 0 radical (unpaired) electrons. The molecule has 9 nitrogen and oxygen atoms in total. The molecule has 1 amide bonds. The Kier molecular flexibility index (Phi) is 11.6. The molecule has 1 fully saturated rings. The van der Waals surface area contributed by atoms with Gasteiger partial charge in [0.25, 0.3) is 5.91 Å². The van der Waals surface area contributed by atoms with Crippen molar-refractivity contribution in [3.05, 3.63) is 65.7 Å². The summed E-state index contributed by atoms with van der Waals surface area (Å²) in [5.41, 5.74) is 5.35. The molecule has 2 aromatic rings. The number of hydrogen-bond acceptors (Lipinski definition) is 6. The SMILES string of the molecule is CC(=O)OCC(=O)N=CN(C)NC(=NCCCOc1ccc(CN2CCCCC2)cc1)c1ccccc1. The van der Waals surface area contributed by atoms with Gasteiger partial charge in [-0.15, -0.1) is 0 Å². The second-order valence-corrected chi connectivity index (χ2v) is 8.92. The van der Waals surface area contributed by atoms with E-state index in [0.717, 1.165) is 24.3 Å². The fourth-order valence-electron chi connectivity index (χ4n) is 3.85. The lowest BCUT2D eigenvalue weighted by molar-refractivity contribution is -0.145. The van der Waals surface area contributed by atoms with Crippen molar-refractivity contribution in [1.29, 1.82) is 0 Å². The Morgan fingerprint density at radius 2 is 1.78 bits per heavy atom. The minimum atomic E-state index is -0.557. The Balaban J connectivity index is 1.46. The Hall–Kier alpha value is -3.72. The van der Waals surface area contributed by atoms with Crippen LogP contribution in [0.3, 0.4) is 0 Å². The van der Waals surface area contributed by atoms with E-state index in [1.54, 1.807) is 7.05 Å². The lowest BCUT2D eigenvalue weighted by Gasteiger charge is -2.26. The number of esters is 1. The Bertz CT molecular complexity index is 1030. The summed E-state index contributed by atoms with van der Waals surface area (Å²) in [6.45, 7) is 5.35. The third-order valence-corrected chi connectivity index (χ3v) is 5.72. The van der Waals surface area contributed by atoms with Crippen LogP contribution in [0.1, 0.15) is 43.7 Å². The maximum atomic E-state index is 11.7. The molecule has 0 unspecified atom stereocenters. The number of nitrogens with zero attached hydrogens (tertiary/aromatic N) is 4. The summed E-state index contributed by atoms with van der Waals surface area (Å²) < 4.78 is 10.6. The molecule has 1 aliphatic rings. The predicted molar refractivity (Wildman–Crippen MR) is 145 cm³/mol. The van der Waals surface area contributed by atoms with Crippen LogP contribution in [0, 0.1) is 0 Å². The van der Waals surface area contributed by atoms with Gasteiger partial charge in [0.1, 0.15) is 17.9 Å². The van der Waals surface area contributed by atoms with Crippen LogP contribution in [0.25, 0.3) is 0 Å². The molecule has 0 bridgehead atoms. The van der Waals surface area contributed by atoms with E-state index in [1.807, 2.05) is 42.5 Å². The van der Waals surface area contributed by atoms with Crippen LogP contribution in [-0.2, 0) is 20.9 Å². The van der Waals surface area contributed by atoms with Gasteiger partial charge in [0.2, 0.25) is 0 Å². The van der Waals surface area contributed by atoms with Gasteiger partial charge < -0.3 is 9.47 Å². The Morgan fingerprint density at radius 3 is 2.49 bits per heavy atom. The van der Waals surface area contributed by atoms with Crippen molar-refractivity contribution in [1.82, 2.24) is 15.3 Å². The predicted octanol–water partition coefficient (Wildman–Crippen LogP) is 3.44. The topological polar surface area (TPSA) is 95.8 Å². The number of amidine groups is 1. The van der Waals surface area contributed by atoms with E-state index in [1.165, 1.54) is 56.2 Å². The average molecular weight is 508 g/mol. The maximum Gasteiger partial charge on any atom is 0.303 e. The van der Waals surface area contributed by atoms with Crippen molar-refractivity contribution < 1.29 is 19.1 Å². The first-order valence-electron chi connectivity index (χ1n) is 12.7. The molecular formula is C28H37N5O4. The largest absolute Gasteiger partial charge is 0.494 e. The lowest BCUT2D eigenvalue weighted by atomic mass is 10.1. The van der Waals surface area contributed by atoms with Gasteiger partial charge in [0.15, 0.2) is 6.61 Å². The van der Waals surface area contributed by atoms with Crippen molar-refractivity contribution in [2.45, 2.75) is 39.2 Å². The second kappa shape index (κ2) is 15.4. The fraction of sp³-hybridized carbons (Fsp3) is 0.429. The number of hydrogen-bond donors (Lipinski definition) is 1. The zero-order valence-corrected chi connectivity index (χ0v) is 21.8. The van der Waals surface area contributed by atoms with Gasteiger partial charge >= 0.3 is 5.97 Å². The van der Waals surface area contributed by atoms with Gasteiger partial charge in [-0.3, -0.25) is 29.9 Å². The third-order valence-electron chi connectivity index (χ3n) is 5.72. The molecule has 9 heteroatoms. The number of aliphatic imine (C=N–C) groups is 2. The number of ether oxygens (including phenoxy) is 2. The molecule has 2 aromatic carbocycles. The molecular weight excluding hydrogens is 470 g/mol. The number of carbonyl (C=O) groups excluding carboxylic acids is 2. The molecule has 0 atom stereocenters. The first-order valence-corrected chi connectivity index (χ1v) is 12.7. The van der Waals surface area contributed by atoms with Crippen LogP contribution >= 0.6 is 0 Å².